The molecule has 4 atom stereocenters. The van der Waals surface area contributed by atoms with E-state index in [4.69, 9.17) is 1.37 Å². The van der Waals surface area contributed by atoms with Gasteiger partial charge in [0.05, 0.1) is 13.2 Å². The summed E-state index contributed by atoms with van der Waals surface area (Å²) in [7, 11) is -3.75. The quantitative estimate of drug-likeness (QED) is 0.498. The second kappa shape index (κ2) is 7.24. The summed E-state index contributed by atoms with van der Waals surface area (Å²) in [6.45, 7) is 8.19. The Morgan fingerprint density at radius 3 is 2.48 bits per heavy atom. The van der Waals surface area contributed by atoms with Crippen LogP contribution in [0.4, 0.5) is 0 Å². The lowest BCUT2D eigenvalue weighted by Crippen LogP contribution is -2.47. The van der Waals surface area contributed by atoms with Crippen molar-refractivity contribution in [2.45, 2.75) is 65.4 Å². The molecule has 1 spiro atoms. The number of carbonyl (C=O) groups is 1. The van der Waals surface area contributed by atoms with E-state index in [1.165, 1.54) is 23.5 Å². The van der Waals surface area contributed by atoms with Gasteiger partial charge in [-0.25, -0.2) is 12.7 Å². The van der Waals surface area contributed by atoms with Gasteiger partial charge in [0, 0.05) is 5.41 Å². The first-order chi connectivity index (χ1) is 12.8. The summed E-state index contributed by atoms with van der Waals surface area (Å²) in [4.78, 5) is 18.1. The van der Waals surface area contributed by atoms with Crippen molar-refractivity contribution in [2.24, 2.45) is 27.7 Å². The van der Waals surface area contributed by atoms with Gasteiger partial charge in [0.2, 0.25) is 10.0 Å². The van der Waals surface area contributed by atoms with E-state index in [9.17, 15) is 13.2 Å². The Morgan fingerprint density at radius 2 is 1.96 bits per heavy atom. The number of nitrogens with zero attached hydrogens (tertiary/aromatic N) is 2. The van der Waals surface area contributed by atoms with Crippen LogP contribution in [0.3, 0.4) is 0 Å². The number of aliphatic imine (C=N–C) groups is 1. The van der Waals surface area contributed by atoms with Crippen LogP contribution in [0.5, 0.6) is 0 Å². The van der Waals surface area contributed by atoms with Gasteiger partial charge >= 0.3 is 0 Å². The predicted molar refractivity (Wildman–Crippen MR) is 116 cm³/mol. The van der Waals surface area contributed by atoms with Crippen molar-refractivity contribution in [3.63, 3.8) is 0 Å². The summed E-state index contributed by atoms with van der Waals surface area (Å²) in [6, 6.07) is -2.13. The molecule has 0 aromatic carbocycles. The maximum Gasteiger partial charge on any atom is 0.261 e. The summed E-state index contributed by atoms with van der Waals surface area (Å²) in [5.41, 5.74) is -0.480. The summed E-state index contributed by atoms with van der Waals surface area (Å²) >= 11 is 2.77. The lowest BCUT2D eigenvalue weighted by Gasteiger charge is -2.37. The lowest BCUT2D eigenvalue weighted by atomic mass is 9.69. The SMILES string of the molecule is [2H][C@@](CC(C)C)(N=C(SC)SC)C(=O)N1[C@@H]2C[C@H]3CC[C@]2(CS1(=O)=O)C3(C)C. The van der Waals surface area contributed by atoms with Gasteiger partial charge in [-0.2, -0.15) is 0 Å². The van der Waals surface area contributed by atoms with Crippen molar-refractivity contribution in [2.75, 3.05) is 18.3 Å². The summed E-state index contributed by atoms with van der Waals surface area (Å²) in [5, 5.41) is 0. The molecule has 1 aliphatic heterocycles. The maximum atomic E-state index is 13.6. The minimum Gasteiger partial charge on any atom is -0.271 e. The van der Waals surface area contributed by atoms with Crippen LogP contribution in [0.2, 0.25) is 0 Å². The minimum absolute atomic E-state index is 0.0271. The first kappa shape index (κ1) is 20.1. The van der Waals surface area contributed by atoms with E-state index in [-0.39, 0.29) is 35.0 Å². The number of rotatable bonds is 4. The van der Waals surface area contributed by atoms with Crippen LogP contribution >= 0.6 is 23.5 Å². The molecule has 0 aromatic heterocycles. The van der Waals surface area contributed by atoms with E-state index in [0.29, 0.717) is 10.3 Å². The molecule has 1 saturated heterocycles. The molecule has 154 valence electrons. The van der Waals surface area contributed by atoms with Crippen LogP contribution in [-0.2, 0) is 14.8 Å². The van der Waals surface area contributed by atoms with E-state index >= 15 is 0 Å². The fourth-order valence-corrected chi connectivity index (χ4v) is 9.14. The van der Waals surface area contributed by atoms with Crippen LogP contribution in [0.1, 0.15) is 54.7 Å². The Kier molecular flexibility index (Phi) is 5.38. The van der Waals surface area contributed by atoms with Crippen LogP contribution in [0.15, 0.2) is 4.99 Å². The lowest BCUT2D eigenvalue weighted by molar-refractivity contribution is -0.130. The van der Waals surface area contributed by atoms with Crippen LogP contribution in [0, 0.1) is 22.7 Å². The largest absolute Gasteiger partial charge is 0.271 e. The third-order valence-electron chi connectivity index (χ3n) is 7.04. The van der Waals surface area contributed by atoms with Gasteiger partial charge in [0.15, 0.2) is 0 Å². The van der Waals surface area contributed by atoms with Gasteiger partial charge < -0.3 is 0 Å². The van der Waals surface area contributed by atoms with Crippen LogP contribution in [-0.4, -0.2) is 53.3 Å². The first-order valence-electron chi connectivity index (χ1n) is 10.1. The third kappa shape index (κ3) is 3.27. The van der Waals surface area contributed by atoms with Crippen molar-refractivity contribution < 1.29 is 14.6 Å². The van der Waals surface area contributed by atoms with Crippen molar-refractivity contribution >= 4 is 43.8 Å². The molecule has 5 nitrogen and oxygen atoms in total. The molecule has 3 rings (SSSR count). The van der Waals surface area contributed by atoms with Crippen molar-refractivity contribution in [3.05, 3.63) is 0 Å². The fraction of sp³-hybridized carbons (Fsp3) is 0.895. The van der Waals surface area contributed by atoms with Crippen molar-refractivity contribution in [3.8, 4) is 0 Å². The van der Waals surface area contributed by atoms with Gasteiger partial charge in [0.1, 0.15) is 10.4 Å². The molecule has 27 heavy (non-hydrogen) atoms. The molecule has 0 aromatic rings. The second-order valence-electron chi connectivity index (χ2n) is 9.05. The normalized spacial score (nSPS) is 35.7. The Balaban J connectivity index is 2.05. The fourth-order valence-electron chi connectivity index (χ4n) is 5.54. The topological polar surface area (TPSA) is 66.8 Å². The monoisotopic (exact) mass is 433 g/mol. The van der Waals surface area contributed by atoms with Gasteiger partial charge in [-0.3, -0.25) is 9.79 Å². The van der Waals surface area contributed by atoms with Gasteiger partial charge in [0.25, 0.3) is 5.91 Å². The van der Waals surface area contributed by atoms with Gasteiger partial charge in [-0.05, 0) is 55.4 Å². The second-order valence-corrected chi connectivity index (χ2v) is 12.7. The van der Waals surface area contributed by atoms with E-state index in [2.05, 4.69) is 18.8 Å². The van der Waals surface area contributed by atoms with Crippen molar-refractivity contribution in [1.29, 1.82) is 0 Å². The maximum absolute atomic E-state index is 13.6. The van der Waals surface area contributed by atoms with E-state index in [1.54, 1.807) is 0 Å². The Bertz CT molecular complexity index is 792. The number of hydrogen-bond donors (Lipinski definition) is 0. The molecule has 0 unspecified atom stereocenters. The van der Waals surface area contributed by atoms with Crippen LogP contribution in [0.25, 0.3) is 0 Å². The summed E-state index contributed by atoms with van der Waals surface area (Å²) in [5.74, 6) is -0.151. The number of fused-ring (bicyclic) bond motifs is 1. The highest BCUT2D eigenvalue weighted by atomic mass is 32.2. The molecule has 0 N–H and O–H groups in total. The van der Waals surface area contributed by atoms with Crippen LogP contribution < -0.4 is 0 Å². The molecule has 3 fully saturated rings. The zero-order valence-electron chi connectivity index (χ0n) is 18.1. The average molecular weight is 434 g/mol. The Labute approximate surface area is 174 Å². The molecule has 0 radical (unpaired) electrons. The Morgan fingerprint density at radius 1 is 1.33 bits per heavy atom. The molecule has 1 heterocycles. The number of hydrogen-bond acceptors (Lipinski definition) is 6. The zero-order chi connectivity index (χ0) is 21.1. The number of thioether (sulfide) groups is 2. The minimum atomic E-state index is -3.75. The third-order valence-corrected chi connectivity index (χ3v) is 10.8. The molecular formula is C19H32N2O3S3. The standard InChI is InChI=1S/C19H32N2O3S3/c1-12(2)9-14(20-17(25-5)26-6)16(22)21-15-10-13-7-8-19(15,18(13,3)4)11-27(21,23)24/h12-15H,7-11H2,1-6H3/t13-,14+,15-,19-/m1/s1/i14D. The molecular weight excluding hydrogens is 400 g/mol. The van der Waals surface area contributed by atoms with Gasteiger partial charge in [-0.15, -0.1) is 23.5 Å². The molecule has 3 aliphatic rings. The summed E-state index contributed by atoms with van der Waals surface area (Å²) in [6.07, 6.45) is 6.51. The number of carbonyl (C=O) groups excluding carboxylic acids is 1. The average Bonchev–Trinajstić information content (AvgIpc) is 3.05. The van der Waals surface area contributed by atoms with E-state index in [0.717, 1.165) is 23.6 Å². The summed E-state index contributed by atoms with van der Waals surface area (Å²) < 4.78 is 37.1. The van der Waals surface area contributed by atoms with Crippen molar-refractivity contribution in [1.82, 2.24) is 4.31 Å². The highest BCUT2D eigenvalue weighted by molar-refractivity contribution is 8.38. The molecule has 2 bridgehead atoms. The zero-order valence-corrected chi connectivity index (χ0v) is 19.6. The smallest absolute Gasteiger partial charge is 0.261 e. The molecule has 8 heteroatoms. The van der Waals surface area contributed by atoms with E-state index < -0.39 is 21.9 Å². The van der Waals surface area contributed by atoms with E-state index in [1.807, 2.05) is 26.4 Å². The predicted octanol–water partition coefficient (Wildman–Crippen LogP) is 3.85. The highest BCUT2D eigenvalue weighted by Crippen LogP contribution is 2.70. The first-order valence-corrected chi connectivity index (χ1v) is 13.6. The number of amides is 1. The molecule has 2 aliphatic carbocycles. The number of sulfonamides is 1. The molecule has 1 amide bonds. The molecule has 2 saturated carbocycles. The Hall–Kier alpha value is -0.210. The highest BCUT2D eigenvalue weighted by Gasteiger charge is 2.72. The van der Waals surface area contributed by atoms with Gasteiger partial charge in [-0.1, -0.05) is 27.7 Å².